The molecule has 0 spiro atoms. The van der Waals surface area contributed by atoms with Gasteiger partial charge in [0.1, 0.15) is 0 Å². The van der Waals surface area contributed by atoms with Gasteiger partial charge in [-0.25, -0.2) is 5.43 Å². The summed E-state index contributed by atoms with van der Waals surface area (Å²) in [4.78, 5) is 23.4. The molecule has 21 heavy (non-hydrogen) atoms. The Labute approximate surface area is 124 Å². The molecule has 1 aliphatic rings. The highest BCUT2D eigenvalue weighted by Gasteiger charge is 2.24. The highest BCUT2D eigenvalue weighted by molar-refractivity contribution is 5.96. The molecule has 0 atom stereocenters. The maximum atomic E-state index is 11.9. The van der Waals surface area contributed by atoms with Gasteiger partial charge in [0, 0.05) is 23.4 Å². The van der Waals surface area contributed by atoms with Crippen molar-refractivity contribution in [1.29, 1.82) is 0 Å². The van der Waals surface area contributed by atoms with Gasteiger partial charge in [0.2, 0.25) is 5.91 Å². The summed E-state index contributed by atoms with van der Waals surface area (Å²) >= 11 is 0. The molecule has 0 saturated heterocycles. The van der Waals surface area contributed by atoms with Crippen LogP contribution in [0, 0.1) is 5.92 Å². The van der Waals surface area contributed by atoms with Gasteiger partial charge in [0.15, 0.2) is 0 Å². The topological polar surface area (TPSA) is 70.6 Å². The standard InChI is InChI=1S/C16H21N3O2/c1-3-4-15(20)17-14-9-7-13(8-10-14)16(21)19-18-11(2)12-5-6-12/h7-10,12H,3-6H2,1-2H3,(H,17,20)(H,19,21). The lowest BCUT2D eigenvalue weighted by molar-refractivity contribution is -0.116. The summed E-state index contributed by atoms with van der Waals surface area (Å²) in [6, 6.07) is 6.80. The molecule has 5 nitrogen and oxygen atoms in total. The van der Waals surface area contributed by atoms with Crippen LogP contribution in [-0.4, -0.2) is 17.5 Å². The highest BCUT2D eigenvalue weighted by atomic mass is 16.2. The Morgan fingerprint density at radius 1 is 1.24 bits per heavy atom. The van der Waals surface area contributed by atoms with Gasteiger partial charge >= 0.3 is 0 Å². The van der Waals surface area contributed by atoms with Crippen LogP contribution in [0.15, 0.2) is 29.4 Å². The summed E-state index contributed by atoms with van der Waals surface area (Å²) < 4.78 is 0. The molecule has 1 saturated carbocycles. The van der Waals surface area contributed by atoms with E-state index in [1.807, 2.05) is 13.8 Å². The van der Waals surface area contributed by atoms with Crippen molar-refractivity contribution in [2.45, 2.75) is 39.5 Å². The molecule has 0 unspecified atom stereocenters. The summed E-state index contributed by atoms with van der Waals surface area (Å²) in [6.45, 7) is 3.89. The molecule has 5 heteroatoms. The van der Waals surface area contributed by atoms with Crippen LogP contribution < -0.4 is 10.7 Å². The summed E-state index contributed by atoms with van der Waals surface area (Å²) in [5.74, 6) is 0.294. The van der Waals surface area contributed by atoms with Crippen LogP contribution in [-0.2, 0) is 4.79 Å². The van der Waals surface area contributed by atoms with E-state index in [1.54, 1.807) is 24.3 Å². The van der Waals surface area contributed by atoms with E-state index in [1.165, 1.54) is 0 Å². The summed E-state index contributed by atoms with van der Waals surface area (Å²) in [7, 11) is 0. The molecule has 0 radical (unpaired) electrons. The van der Waals surface area contributed by atoms with E-state index < -0.39 is 0 Å². The highest BCUT2D eigenvalue weighted by Crippen LogP contribution is 2.30. The maximum Gasteiger partial charge on any atom is 0.271 e. The second-order valence-corrected chi connectivity index (χ2v) is 5.34. The van der Waals surface area contributed by atoms with E-state index >= 15 is 0 Å². The van der Waals surface area contributed by atoms with Gasteiger partial charge < -0.3 is 5.32 Å². The van der Waals surface area contributed by atoms with Gasteiger partial charge in [-0.1, -0.05) is 6.92 Å². The molecule has 1 aliphatic carbocycles. The molecular formula is C16H21N3O2. The van der Waals surface area contributed by atoms with Crippen LogP contribution in [0.3, 0.4) is 0 Å². The van der Waals surface area contributed by atoms with E-state index in [-0.39, 0.29) is 11.8 Å². The SMILES string of the molecule is CCCC(=O)Nc1ccc(C(=O)NN=C(C)C2CC2)cc1. The van der Waals surface area contributed by atoms with Crippen molar-refractivity contribution in [3.63, 3.8) is 0 Å². The van der Waals surface area contributed by atoms with Gasteiger partial charge in [0.25, 0.3) is 5.91 Å². The predicted molar refractivity (Wildman–Crippen MR) is 83.3 cm³/mol. The van der Waals surface area contributed by atoms with Gasteiger partial charge in [-0.3, -0.25) is 9.59 Å². The number of hydrazone groups is 1. The van der Waals surface area contributed by atoms with Gasteiger partial charge in [-0.2, -0.15) is 5.10 Å². The Bertz CT molecular complexity index is 545. The van der Waals surface area contributed by atoms with Crippen molar-refractivity contribution >= 4 is 23.2 Å². The number of nitrogens with zero attached hydrogens (tertiary/aromatic N) is 1. The number of amides is 2. The van der Waals surface area contributed by atoms with Crippen LogP contribution in [0.5, 0.6) is 0 Å². The van der Waals surface area contributed by atoms with Crippen molar-refractivity contribution in [2.75, 3.05) is 5.32 Å². The minimum absolute atomic E-state index is 0.0145. The molecule has 1 fully saturated rings. The lowest BCUT2D eigenvalue weighted by Gasteiger charge is -2.06. The molecule has 1 aromatic rings. The third-order valence-electron chi connectivity index (χ3n) is 3.41. The summed E-state index contributed by atoms with van der Waals surface area (Å²) in [5.41, 5.74) is 4.76. The molecule has 0 bridgehead atoms. The molecule has 1 aromatic carbocycles. The largest absolute Gasteiger partial charge is 0.326 e. The van der Waals surface area contributed by atoms with Crippen LogP contribution in [0.1, 0.15) is 49.9 Å². The molecule has 2 rings (SSSR count). The fraction of sp³-hybridized carbons (Fsp3) is 0.438. The minimum atomic E-state index is -0.235. The number of benzene rings is 1. The van der Waals surface area contributed by atoms with Crippen molar-refractivity contribution < 1.29 is 9.59 Å². The van der Waals surface area contributed by atoms with E-state index in [0.717, 1.165) is 25.0 Å². The lowest BCUT2D eigenvalue weighted by Crippen LogP contribution is -2.19. The fourth-order valence-electron chi connectivity index (χ4n) is 1.95. The van der Waals surface area contributed by atoms with Gasteiger partial charge in [-0.05, 0) is 56.4 Å². The molecule has 0 aromatic heterocycles. The number of carbonyl (C=O) groups excluding carboxylic acids is 2. The average molecular weight is 287 g/mol. The average Bonchev–Trinajstić information content (AvgIpc) is 3.30. The third-order valence-corrected chi connectivity index (χ3v) is 3.41. The van der Waals surface area contributed by atoms with Gasteiger partial charge in [0.05, 0.1) is 0 Å². The van der Waals surface area contributed by atoms with E-state index in [0.29, 0.717) is 23.6 Å². The van der Waals surface area contributed by atoms with Crippen molar-refractivity contribution in [2.24, 2.45) is 11.0 Å². The number of anilines is 1. The number of nitrogens with one attached hydrogen (secondary N) is 2. The van der Waals surface area contributed by atoms with E-state index in [9.17, 15) is 9.59 Å². The Hall–Kier alpha value is -2.17. The number of carbonyl (C=O) groups is 2. The van der Waals surface area contributed by atoms with Gasteiger partial charge in [-0.15, -0.1) is 0 Å². The number of hydrogen-bond acceptors (Lipinski definition) is 3. The normalized spacial score (nSPS) is 14.7. The third kappa shape index (κ3) is 4.70. The van der Waals surface area contributed by atoms with E-state index in [4.69, 9.17) is 0 Å². The monoisotopic (exact) mass is 287 g/mol. The number of rotatable bonds is 6. The summed E-state index contributed by atoms with van der Waals surface area (Å²) in [5, 5.41) is 6.89. The summed E-state index contributed by atoms with van der Waals surface area (Å²) in [6.07, 6.45) is 3.64. The zero-order valence-electron chi connectivity index (χ0n) is 12.5. The molecule has 2 amide bonds. The Balaban J connectivity index is 1.90. The first-order chi connectivity index (χ1) is 10.1. The Morgan fingerprint density at radius 2 is 1.90 bits per heavy atom. The molecule has 112 valence electrons. The lowest BCUT2D eigenvalue weighted by atomic mass is 10.2. The quantitative estimate of drug-likeness (QED) is 0.624. The fourth-order valence-corrected chi connectivity index (χ4v) is 1.95. The van der Waals surface area contributed by atoms with Crippen LogP contribution >= 0.6 is 0 Å². The Kier molecular flexibility index (Phi) is 5.09. The van der Waals surface area contributed by atoms with E-state index in [2.05, 4.69) is 15.8 Å². The maximum absolute atomic E-state index is 11.9. The molecule has 0 heterocycles. The first-order valence-corrected chi connectivity index (χ1v) is 7.34. The van der Waals surface area contributed by atoms with Crippen LogP contribution in [0.25, 0.3) is 0 Å². The zero-order valence-corrected chi connectivity index (χ0v) is 12.5. The first-order valence-electron chi connectivity index (χ1n) is 7.34. The van der Waals surface area contributed by atoms with Crippen LogP contribution in [0.4, 0.5) is 5.69 Å². The molecule has 2 N–H and O–H groups in total. The second-order valence-electron chi connectivity index (χ2n) is 5.34. The smallest absolute Gasteiger partial charge is 0.271 e. The zero-order chi connectivity index (χ0) is 15.2. The first kappa shape index (κ1) is 15.2. The minimum Gasteiger partial charge on any atom is -0.326 e. The Morgan fingerprint density at radius 3 is 2.48 bits per heavy atom. The molecular weight excluding hydrogens is 266 g/mol. The van der Waals surface area contributed by atoms with Crippen LogP contribution in [0.2, 0.25) is 0 Å². The van der Waals surface area contributed by atoms with Crippen molar-refractivity contribution in [3.05, 3.63) is 29.8 Å². The van der Waals surface area contributed by atoms with Crippen molar-refractivity contribution in [3.8, 4) is 0 Å². The predicted octanol–water partition coefficient (Wildman–Crippen LogP) is 2.94. The number of hydrogen-bond donors (Lipinski definition) is 2. The second kappa shape index (κ2) is 7.02. The van der Waals surface area contributed by atoms with Crippen molar-refractivity contribution in [1.82, 2.24) is 5.43 Å². The molecule has 0 aliphatic heterocycles.